The van der Waals surface area contributed by atoms with Crippen molar-refractivity contribution in [1.82, 2.24) is 10.4 Å². The van der Waals surface area contributed by atoms with E-state index < -0.39 is 6.03 Å². The molecule has 5 nitrogen and oxygen atoms in total. The van der Waals surface area contributed by atoms with Crippen molar-refractivity contribution in [3.05, 3.63) is 72.3 Å². The fraction of sp³-hybridized carbons (Fsp3) is 0. The summed E-state index contributed by atoms with van der Waals surface area (Å²) in [6, 6.07) is 21.3. The minimum absolute atomic E-state index is 0.421. The highest BCUT2D eigenvalue weighted by Crippen LogP contribution is 2.31. The quantitative estimate of drug-likeness (QED) is 0.420. The van der Waals surface area contributed by atoms with Gasteiger partial charge in [-0.15, -0.1) is 0 Å². The molecular formula is C19H14N4OS. The average molecular weight is 346 g/mol. The summed E-state index contributed by atoms with van der Waals surface area (Å²) in [5.41, 5.74) is 4.25. The maximum absolute atomic E-state index is 12.0. The van der Waals surface area contributed by atoms with Crippen molar-refractivity contribution in [1.29, 1.82) is 0 Å². The van der Waals surface area contributed by atoms with Crippen LogP contribution < -0.4 is 10.7 Å². The Hall–Kier alpha value is -3.25. The van der Waals surface area contributed by atoms with Crippen LogP contribution in [-0.4, -0.2) is 17.2 Å². The van der Waals surface area contributed by atoms with E-state index >= 15 is 0 Å². The second kappa shape index (κ2) is 6.70. The zero-order valence-corrected chi connectivity index (χ0v) is 14.0. The summed E-state index contributed by atoms with van der Waals surface area (Å²) in [4.78, 5) is 16.5. The van der Waals surface area contributed by atoms with E-state index in [1.165, 1.54) is 11.3 Å². The molecule has 0 spiro atoms. The molecule has 0 saturated carbocycles. The van der Waals surface area contributed by atoms with Crippen LogP contribution in [-0.2, 0) is 0 Å². The highest BCUT2D eigenvalue weighted by atomic mass is 32.1. The maximum Gasteiger partial charge on any atom is 0.341 e. The lowest BCUT2D eigenvalue weighted by Crippen LogP contribution is -2.24. The molecule has 0 atom stereocenters. The molecule has 3 aromatic carbocycles. The number of carbonyl (C=O) groups is 1. The van der Waals surface area contributed by atoms with Crippen molar-refractivity contribution in [2.24, 2.45) is 5.10 Å². The predicted octanol–water partition coefficient (Wildman–Crippen LogP) is 4.61. The number of anilines is 1. The Balaban J connectivity index is 1.49. The van der Waals surface area contributed by atoms with Crippen LogP contribution in [0.4, 0.5) is 9.93 Å². The summed E-state index contributed by atoms with van der Waals surface area (Å²) in [6.07, 6.45) is 1.59. The number of nitrogens with one attached hydrogen (secondary N) is 2. The Labute approximate surface area is 148 Å². The smallest absolute Gasteiger partial charge is 0.282 e. The first kappa shape index (κ1) is 15.3. The lowest BCUT2D eigenvalue weighted by Gasteiger charge is -1.99. The first-order valence-electron chi connectivity index (χ1n) is 7.73. The molecule has 6 heteroatoms. The molecule has 0 radical (unpaired) electrons. The standard InChI is InChI=1S/C19H14N4OS/c24-18(23-20-12-13-6-2-1-3-7-13)22-19-21-17-15-9-5-4-8-14(15)10-11-16(17)25-19/h1-12H,(H2,21,22,23,24)/b20-12+. The van der Waals surface area contributed by atoms with Gasteiger partial charge in [0.2, 0.25) is 0 Å². The molecule has 0 saturated heterocycles. The van der Waals surface area contributed by atoms with E-state index in [1.807, 2.05) is 60.7 Å². The van der Waals surface area contributed by atoms with Crippen LogP contribution >= 0.6 is 11.3 Å². The number of carbonyl (C=O) groups excluding carboxylic acids is 1. The van der Waals surface area contributed by atoms with E-state index in [4.69, 9.17) is 0 Å². The van der Waals surface area contributed by atoms with Gasteiger partial charge in [0.25, 0.3) is 0 Å². The van der Waals surface area contributed by atoms with Gasteiger partial charge in [0.05, 0.1) is 16.4 Å². The maximum atomic E-state index is 12.0. The monoisotopic (exact) mass is 346 g/mol. The fourth-order valence-corrected chi connectivity index (χ4v) is 3.42. The van der Waals surface area contributed by atoms with Crippen molar-refractivity contribution >= 4 is 49.7 Å². The van der Waals surface area contributed by atoms with Gasteiger partial charge in [0.1, 0.15) is 0 Å². The van der Waals surface area contributed by atoms with Crippen LogP contribution in [0.1, 0.15) is 5.56 Å². The molecule has 1 heterocycles. The lowest BCUT2D eigenvalue weighted by molar-refractivity contribution is 0.252. The van der Waals surface area contributed by atoms with Crippen molar-refractivity contribution in [3.63, 3.8) is 0 Å². The number of thiazole rings is 1. The zero-order chi connectivity index (χ0) is 17.1. The van der Waals surface area contributed by atoms with Crippen molar-refractivity contribution < 1.29 is 4.79 Å². The summed E-state index contributed by atoms with van der Waals surface area (Å²) in [7, 11) is 0. The van der Waals surface area contributed by atoms with Crippen molar-refractivity contribution in [3.8, 4) is 0 Å². The van der Waals surface area contributed by atoms with Crippen LogP contribution in [0.3, 0.4) is 0 Å². The minimum Gasteiger partial charge on any atom is -0.282 e. The average Bonchev–Trinajstić information content (AvgIpc) is 3.05. The van der Waals surface area contributed by atoms with Crippen molar-refractivity contribution in [2.75, 3.05) is 5.32 Å². The number of amides is 2. The van der Waals surface area contributed by atoms with Gasteiger partial charge in [-0.25, -0.2) is 15.2 Å². The minimum atomic E-state index is -0.421. The predicted molar refractivity (Wildman–Crippen MR) is 103 cm³/mol. The summed E-state index contributed by atoms with van der Waals surface area (Å²) in [5.74, 6) is 0. The number of hydrogen-bond donors (Lipinski definition) is 2. The Morgan fingerprint density at radius 1 is 1.00 bits per heavy atom. The molecular weight excluding hydrogens is 332 g/mol. The first-order valence-corrected chi connectivity index (χ1v) is 8.55. The van der Waals surface area contributed by atoms with E-state index in [-0.39, 0.29) is 0 Å². The van der Waals surface area contributed by atoms with Gasteiger partial charge in [-0.1, -0.05) is 72.0 Å². The summed E-state index contributed by atoms with van der Waals surface area (Å²) >= 11 is 1.44. The third kappa shape index (κ3) is 3.34. The molecule has 4 aromatic rings. The first-order chi connectivity index (χ1) is 12.3. The topological polar surface area (TPSA) is 66.4 Å². The summed E-state index contributed by atoms with van der Waals surface area (Å²) in [5, 5.41) is 9.40. The highest BCUT2D eigenvalue weighted by molar-refractivity contribution is 7.22. The molecule has 122 valence electrons. The van der Waals surface area contributed by atoms with Gasteiger partial charge in [-0.05, 0) is 17.0 Å². The fourth-order valence-electron chi connectivity index (χ4n) is 2.54. The number of aromatic nitrogens is 1. The van der Waals surface area contributed by atoms with E-state index in [0.29, 0.717) is 5.13 Å². The number of hydrogen-bond acceptors (Lipinski definition) is 4. The van der Waals surface area contributed by atoms with Crippen LogP contribution in [0.2, 0.25) is 0 Å². The Kier molecular flexibility index (Phi) is 4.10. The van der Waals surface area contributed by atoms with E-state index in [1.54, 1.807) is 6.21 Å². The zero-order valence-electron chi connectivity index (χ0n) is 13.1. The number of nitrogens with zero attached hydrogens (tertiary/aromatic N) is 2. The molecule has 0 bridgehead atoms. The number of urea groups is 1. The third-order valence-electron chi connectivity index (χ3n) is 3.68. The van der Waals surface area contributed by atoms with Crippen LogP contribution in [0.5, 0.6) is 0 Å². The number of fused-ring (bicyclic) bond motifs is 3. The van der Waals surface area contributed by atoms with Gasteiger partial charge in [0.15, 0.2) is 5.13 Å². The van der Waals surface area contributed by atoms with Crippen LogP contribution in [0.25, 0.3) is 21.0 Å². The number of benzene rings is 3. The molecule has 0 unspecified atom stereocenters. The molecule has 1 aromatic heterocycles. The second-order valence-corrected chi connectivity index (χ2v) is 6.42. The number of rotatable bonds is 3. The van der Waals surface area contributed by atoms with Crippen molar-refractivity contribution in [2.45, 2.75) is 0 Å². The molecule has 2 amide bonds. The lowest BCUT2D eigenvalue weighted by atomic mass is 10.1. The van der Waals surface area contributed by atoms with Crippen LogP contribution in [0.15, 0.2) is 71.8 Å². The van der Waals surface area contributed by atoms with Gasteiger partial charge in [-0.3, -0.25) is 5.32 Å². The summed E-state index contributed by atoms with van der Waals surface area (Å²) < 4.78 is 1.03. The van der Waals surface area contributed by atoms with E-state index in [0.717, 1.165) is 26.6 Å². The van der Waals surface area contributed by atoms with E-state index in [2.05, 4.69) is 26.9 Å². The molecule has 0 aliphatic rings. The van der Waals surface area contributed by atoms with Gasteiger partial charge < -0.3 is 0 Å². The molecule has 0 fully saturated rings. The highest BCUT2D eigenvalue weighted by Gasteiger charge is 2.09. The Morgan fingerprint density at radius 3 is 2.68 bits per heavy atom. The van der Waals surface area contributed by atoms with Gasteiger partial charge in [0, 0.05) is 5.39 Å². The molecule has 25 heavy (non-hydrogen) atoms. The van der Waals surface area contributed by atoms with Crippen LogP contribution in [0, 0.1) is 0 Å². The number of hydrazone groups is 1. The molecule has 2 N–H and O–H groups in total. The van der Waals surface area contributed by atoms with Gasteiger partial charge >= 0.3 is 6.03 Å². The molecule has 4 rings (SSSR count). The third-order valence-corrected chi connectivity index (χ3v) is 4.62. The largest absolute Gasteiger partial charge is 0.341 e. The molecule has 0 aliphatic heterocycles. The Bertz CT molecular complexity index is 1070. The molecule has 0 aliphatic carbocycles. The van der Waals surface area contributed by atoms with E-state index in [9.17, 15) is 4.79 Å². The summed E-state index contributed by atoms with van der Waals surface area (Å²) in [6.45, 7) is 0. The normalized spacial score (nSPS) is 11.2. The van der Waals surface area contributed by atoms with Gasteiger partial charge in [-0.2, -0.15) is 5.10 Å². The second-order valence-electron chi connectivity index (χ2n) is 5.39. The Morgan fingerprint density at radius 2 is 1.80 bits per heavy atom. The SMILES string of the molecule is O=C(N/N=C/c1ccccc1)Nc1nc2c(ccc3ccccc32)s1.